The van der Waals surface area contributed by atoms with E-state index in [0.717, 1.165) is 16.7 Å². The molecule has 4 rings (SSSR count). The summed E-state index contributed by atoms with van der Waals surface area (Å²) in [6.07, 6.45) is 1.18. The van der Waals surface area contributed by atoms with Crippen molar-refractivity contribution in [1.29, 1.82) is 0 Å². The number of methoxy groups -OCH3 is 1. The summed E-state index contributed by atoms with van der Waals surface area (Å²) in [5, 5.41) is 9.14. The van der Waals surface area contributed by atoms with Gasteiger partial charge in [-0.05, 0) is 43.2 Å². The molecule has 3 aromatic rings. The molecule has 1 fully saturated rings. The first kappa shape index (κ1) is 17.3. The second kappa shape index (κ2) is 6.90. The lowest BCUT2D eigenvalue weighted by atomic mass is 9.96. The minimum Gasteiger partial charge on any atom is -0.497 e. The SMILES string of the molecule is COc1ccc2nc(-c3cc(N4CCC(C(=O)O)CC4)ccc3F)[nH]c2c1. The van der Waals surface area contributed by atoms with Gasteiger partial charge in [0.1, 0.15) is 17.4 Å². The zero-order valence-corrected chi connectivity index (χ0v) is 14.9. The van der Waals surface area contributed by atoms with Crippen LogP contribution in [0.25, 0.3) is 22.4 Å². The van der Waals surface area contributed by atoms with Crippen LogP contribution in [0.4, 0.5) is 10.1 Å². The van der Waals surface area contributed by atoms with Crippen LogP contribution in [0.3, 0.4) is 0 Å². The number of nitrogens with one attached hydrogen (secondary N) is 1. The third-order valence-corrected chi connectivity index (χ3v) is 5.10. The number of hydrogen-bond acceptors (Lipinski definition) is 4. The number of ether oxygens (including phenoxy) is 1. The minimum absolute atomic E-state index is 0.300. The summed E-state index contributed by atoms with van der Waals surface area (Å²) in [7, 11) is 1.59. The van der Waals surface area contributed by atoms with Crippen molar-refractivity contribution in [2.75, 3.05) is 25.1 Å². The van der Waals surface area contributed by atoms with E-state index < -0.39 is 5.97 Å². The normalized spacial score (nSPS) is 15.3. The molecule has 0 saturated carbocycles. The van der Waals surface area contributed by atoms with Crippen molar-refractivity contribution in [3.8, 4) is 17.1 Å². The van der Waals surface area contributed by atoms with Crippen LogP contribution in [0.1, 0.15) is 12.8 Å². The number of hydrogen-bond donors (Lipinski definition) is 2. The van der Waals surface area contributed by atoms with Crippen LogP contribution >= 0.6 is 0 Å². The van der Waals surface area contributed by atoms with E-state index in [4.69, 9.17) is 9.84 Å². The molecule has 1 aromatic heterocycles. The number of nitrogens with zero attached hydrogens (tertiary/aromatic N) is 2. The van der Waals surface area contributed by atoms with Crippen molar-refractivity contribution in [3.63, 3.8) is 0 Å². The van der Waals surface area contributed by atoms with Gasteiger partial charge in [0.25, 0.3) is 0 Å². The lowest BCUT2D eigenvalue weighted by Crippen LogP contribution is -2.36. The van der Waals surface area contributed by atoms with Crippen LogP contribution in [0, 0.1) is 11.7 Å². The Morgan fingerprint density at radius 3 is 2.74 bits per heavy atom. The fourth-order valence-corrected chi connectivity index (χ4v) is 3.52. The summed E-state index contributed by atoms with van der Waals surface area (Å²) in [4.78, 5) is 20.9. The number of carboxylic acid groups (broad SMARTS) is 1. The molecule has 1 saturated heterocycles. The number of anilines is 1. The van der Waals surface area contributed by atoms with Crippen LogP contribution in [0.15, 0.2) is 36.4 Å². The van der Waals surface area contributed by atoms with Gasteiger partial charge in [-0.15, -0.1) is 0 Å². The summed E-state index contributed by atoms with van der Waals surface area (Å²) in [5.41, 5.74) is 2.77. The van der Waals surface area contributed by atoms with Gasteiger partial charge in [-0.2, -0.15) is 0 Å². The predicted molar refractivity (Wildman–Crippen MR) is 101 cm³/mol. The minimum atomic E-state index is -0.743. The van der Waals surface area contributed by atoms with Gasteiger partial charge >= 0.3 is 5.97 Å². The molecule has 140 valence electrons. The van der Waals surface area contributed by atoms with Gasteiger partial charge in [0.15, 0.2) is 0 Å². The van der Waals surface area contributed by atoms with Crippen molar-refractivity contribution in [1.82, 2.24) is 9.97 Å². The van der Waals surface area contributed by atoms with E-state index >= 15 is 0 Å². The summed E-state index contributed by atoms with van der Waals surface area (Å²) in [6.45, 7) is 1.28. The monoisotopic (exact) mass is 369 g/mol. The second-order valence-corrected chi connectivity index (χ2v) is 6.73. The molecule has 6 nitrogen and oxygen atoms in total. The Kier molecular flexibility index (Phi) is 4.43. The summed E-state index contributed by atoms with van der Waals surface area (Å²) < 4.78 is 19.7. The molecule has 1 aliphatic rings. The average Bonchev–Trinajstić information content (AvgIpc) is 3.11. The highest BCUT2D eigenvalue weighted by molar-refractivity contribution is 5.81. The van der Waals surface area contributed by atoms with E-state index in [1.54, 1.807) is 19.2 Å². The van der Waals surface area contributed by atoms with E-state index in [0.29, 0.717) is 43.1 Å². The number of benzene rings is 2. The standard InChI is InChI=1S/C20H20FN3O3/c1-27-14-3-5-17-18(11-14)23-19(22-17)15-10-13(2-4-16(15)21)24-8-6-12(7-9-24)20(25)26/h2-5,10-12H,6-9H2,1H3,(H,22,23)(H,25,26). The van der Waals surface area contributed by atoms with Crippen molar-refractivity contribution in [2.45, 2.75) is 12.8 Å². The van der Waals surface area contributed by atoms with E-state index in [9.17, 15) is 9.18 Å². The Hall–Kier alpha value is -3.09. The Morgan fingerprint density at radius 1 is 1.26 bits per heavy atom. The first-order valence-electron chi connectivity index (χ1n) is 8.86. The number of imidazole rings is 1. The van der Waals surface area contributed by atoms with E-state index in [1.165, 1.54) is 6.07 Å². The maximum Gasteiger partial charge on any atom is 0.306 e. The quantitative estimate of drug-likeness (QED) is 0.733. The maximum absolute atomic E-state index is 14.5. The molecule has 0 amide bonds. The molecule has 0 radical (unpaired) electrons. The summed E-state index contributed by atoms with van der Waals surface area (Å²) in [6, 6.07) is 10.4. The van der Waals surface area contributed by atoms with Gasteiger partial charge in [0, 0.05) is 24.8 Å². The number of aliphatic carboxylic acids is 1. The van der Waals surface area contributed by atoms with Crippen molar-refractivity contribution in [2.24, 2.45) is 5.92 Å². The molecule has 7 heteroatoms. The second-order valence-electron chi connectivity index (χ2n) is 6.73. The third kappa shape index (κ3) is 3.32. The van der Waals surface area contributed by atoms with Gasteiger partial charge < -0.3 is 19.7 Å². The first-order valence-corrected chi connectivity index (χ1v) is 8.86. The average molecular weight is 369 g/mol. The van der Waals surface area contributed by atoms with E-state index in [2.05, 4.69) is 14.9 Å². The number of carbonyl (C=O) groups is 1. The van der Waals surface area contributed by atoms with Crippen LogP contribution in [0.5, 0.6) is 5.75 Å². The molecule has 2 heterocycles. The molecule has 0 unspecified atom stereocenters. The fourth-order valence-electron chi connectivity index (χ4n) is 3.52. The number of rotatable bonds is 4. The molecule has 0 aliphatic carbocycles. The molecular formula is C20H20FN3O3. The van der Waals surface area contributed by atoms with Crippen LogP contribution < -0.4 is 9.64 Å². The number of carboxylic acids is 1. The molecular weight excluding hydrogens is 349 g/mol. The number of piperidine rings is 1. The maximum atomic E-state index is 14.5. The van der Waals surface area contributed by atoms with Crippen molar-refractivity contribution < 1.29 is 19.0 Å². The topological polar surface area (TPSA) is 78.4 Å². The van der Waals surface area contributed by atoms with Crippen LogP contribution in [-0.2, 0) is 4.79 Å². The number of H-pyrrole nitrogens is 1. The largest absolute Gasteiger partial charge is 0.497 e. The Labute approximate surface area is 155 Å². The first-order chi connectivity index (χ1) is 13.0. The number of halogens is 1. The molecule has 2 N–H and O–H groups in total. The highest BCUT2D eigenvalue weighted by atomic mass is 19.1. The van der Waals surface area contributed by atoms with Crippen LogP contribution in [-0.4, -0.2) is 41.2 Å². The fraction of sp³-hybridized carbons (Fsp3) is 0.300. The van der Waals surface area contributed by atoms with Crippen molar-refractivity contribution in [3.05, 3.63) is 42.2 Å². The lowest BCUT2D eigenvalue weighted by molar-refractivity contribution is -0.142. The summed E-state index contributed by atoms with van der Waals surface area (Å²) in [5.74, 6) is -0.241. The molecule has 2 aromatic carbocycles. The Bertz CT molecular complexity index is 993. The van der Waals surface area contributed by atoms with E-state index in [1.807, 2.05) is 18.2 Å². The third-order valence-electron chi connectivity index (χ3n) is 5.10. The highest BCUT2D eigenvalue weighted by Crippen LogP contribution is 2.30. The van der Waals surface area contributed by atoms with Gasteiger partial charge in [-0.25, -0.2) is 9.37 Å². The van der Waals surface area contributed by atoms with Gasteiger partial charge in [-0.3, -0.25) is 4.79 Å². The number of aromatic amines is 1. The van der Waals surface area contributed by atoms with Gasteiger partial charge in [0.05, 0.1) is 29.6 Å². The Balaban J connectivity index is 1.64. The van der Waals surface area contributed by atoms with Gasteiger partial charge in [0.2, 0.25) is 0 Å². The van der Waals surface area contributed by atoms with Crippen molar-refractivity contribution >= 4 is 22.7 Å². The Morgan fingerprint density at radius 2 is 2.04 bits per heavy atom. The lowest BCUT2D eigenvalue weighted by Gasteiger charge is -2.32. The number of fused-ring (bicyclic) bond motifs is 1. The smallest absolute Gasteiger partial charge is 0.306 e. The zero-order chi connectivity index (χ0) is 19.0. The van der Waals surface area contributed by atoms with E-state index in [-0.39, 0.29) is 11.7 Å². The van der Waals surface area contributed by atoms with Crippen LogP contribution in [0.2, 0.25) is 0 Å². The summed E-state index contributed by atoms with van der Waals surface area (Å²) >= 11 is 0. The molecule has 27 heavy (non-hydrogen) atoms. The zero-order valence-electron chi connectivity index (χ0n) is 14.9. The molecule has 1 aliphatic heterocycles. The molecule has 0 atom stereocenters. The molecule has 0 bridgehead atoms. The number of aromatic nitrogens is 2. The predicted octanol–water partition coefficient (Wildman–Crippen LogP) is 3.68. The van der Waals surface area contributed by atoms with Gasteiger partial charge in [-0.1, -0.05) is 0 Å². The highest BCUT2D eigenvalue weighted by Gasteiger charge is 2.25. The molecule has 0 spiro atoms.